The quantitative estimate of drug-likeness (QED) is 0.194. The van der Waals surface area contributed by atoms with E-state index in [0.717, 1.165) is 11.6 Å². The zero-order valence-electron chi connectivity index (χ0n) is 25.6. The Morgan fingerprint density at radius 3 is 2.07 bits per heavy atom. The van der Waals surface area contributed by atoms with E-state index in [9.17, 15) is 45.6 Å². The van der Waals surface area contributed by atoms with E-state index in [1.54, 1.807) is 0 Å². The minimum Gasteiger partial charge on any atom is -0.508 e. The van der Waals surface area contributed by atoms with Crippen LogP contribution in [0.4, 0.5) is 0 Å². The highest BCUT2D eigenvalue weighted by Gasteiger charge is 2.52. The van der Waals surface area contributed by atoms with Gasteiger partial charge in [-0.25, -0.2) is 0 Å². The number of ketones is 1. The molecule has 8 N–H and O–H groups in total. The Kier molecular flexibility index (Phi) is 9.94. The first kappa shape index (κ1) is 34.0. The van der Waals surface area contributed by atoms with Crippen LogP contribution in [-0.4, -0.2) is 114 Å². The van der Waals surface area contributed by atoms with Crippen LogP contribution in [0.3, 0.4) is 0 Å². The van der Waals surface area contributed by atoms with Crippen LogP contribution in [0.5, 0.6) is 23.0 Å². The van der Waals surface area contributed by atoms with Crippen LogP contribution < -0.4 is 4.74 Å². The second-order valence-corrected chi connectivity index (χ2v) is 12.1. The third-order valence-electron chi connectivity index (χ3n) is 8.46. The van der Waals surface area contributed by atoms with E-state index in [1.165, 1.54) is 38.1 Å². The Morgan fingerprint density at radius 1 is 0.804 bits per heavy atom. The first-order valence-corrected chi connectivity index (χ1v) is 14.9. The van der Waals surface area contributed by atoms with E-state index < -0.39 is 85.2 Å². The molecule has 0 spiro atoms. The molecule has 3 heterocycles. The first-order chi connectivity index (χ1) is 21.7. The van der Waals surface area contributed by atoms with Crippen molar-refractivity contribution in [2.24, 2.45) is 0 Å². The average molecular weight is 649 g/mol. The molecule has 0 saturated carbocycles. The Labute approximate surface area is 264 Å². The summed E-state index contributed by atoms with van der Waals surface area (Å²) in [6.45, 7) is 6.66. The van der Waals surface area contributed by atoms with Crippen LogP contribution >= 0.6 is 0 Å². The number of aliphatic hydroxyl groups excluding tert-OH is 5. The minimum absolute atomic E-state index is 0.0548. The highest BCUT2D eigenvalue weighted by Crippen LogP contribution is 2.47. The van der Waals surface area contributed by atoms with E-state index in [0.29, 0.717) is 5.56 Å². The number of hydrogen-bond acceptors (Lipinski definition) is 14. The van der Waals surface area contributed by atoms with Gasteiger partial charge in [0.05, 0.1) is 12.2 Å². The Balaban J connectivity index is 1.44. The Morgan fingerprint density at radius 2 is 1.41 bits per heavy atom. The second kappa shape index (κ2) is 13.4. The maximum absolute atomic E-state index is 14.1. The summed E-state index contributed by atoms with van der Waals surface area (Å²) in [5.41, 5.74) is 1.30. The zero-order chi connectivity index (χ0) is 33.6. The third kappa shape index (κ3) is 6.45. The van der Waals surface area contributed by atoms with Gasteiger partial charge in [0.1, 0.15) is 65.2 Å². The molecule has 14 heteroatoms. The standard InChI is InChI=1S/C32H40O14/c1-12(2)5-10-17-18(34)11-19(35)20-22(37)30(28(44-29(17)20)15-6-8-16(33)9-7-15)46-32-26(41)24(39)27(14(4)43-32)45-31-25(40)23(38)21(36)13(3)42-31/h5-9,11,13-14,21,23-28,30-36,38-41H,10H2,1-4H3/t13-,14+,21+,23-,24+,25-,26-,27-,28-,30-,31+,32+/m0/s1. The molecule has 2 aromatic rings. The van der Waals surface area contributed by atoms with Crippen molar-refractivity contribution in [3.05, 3.63) is 58.7 Å². The van der Waals surface area contributed by atoms with E-state index in [4.69, 9.17) is 23.7 Å². The molecule has 0 aliphatic carbocycles. The molecule has 252 valence electrons. The number of Topliss-reactive ketones (excluding diaryl/α,β-unsaturated/α-hetero) is 1. The predicted molar refractivity (Wildman–Crippen MR) is 157 cm³/mol. The fraction of sp³-hybridized carbons (Fsp3) is 0.531. The van der Waals surface area contributed by atoms with Crippen molar-refractivity contribution in [3.63, 3.8) is 0 Å². The fourth-order valence-electron chi connectivity index (χ4n) is 5.78. The number of benzene rings is 2. The van der Waals surface area contributed by atoms with Crippen LogP contribution in [0.25, 0.3) is 0 Å². The summed E-state index contributed by atoms with van der Waals surface area (Å²) in [5, 5.41) is 83.9. The van der Waals surface area contributed by atoms with Crippen molar-refractivity contribution >= 4 is 5.78 Å². The molecule has 46 heavy (non-hydrogen) atoms. The van der Waals surface area contributed by atoms with Crippen molar-refractivity contribution in [2.75, 3.05) is 0 Å². The number of allylic oxidation sites excluding steroid dienone is 2. The van der Waals surface area contributed by atoms with Gasteiger partial charge in [-0.05, 0) is 51.8 Å². The van der Waals surface area contributed by atoms with Crippen LogP contribution in [0.2, 0.25) is 0 Å². The predicted octanol–water partition coefficient (Wildman–Crippen LogP) is 0.693. The van der Waals surface area contributed by atoms with E-state index in [1.807, 2.05) is 19.9 Å². The molecule has 14 nitrogen and oxygen atoms in total. The zero-order valence-corrected chi connectivity index (χ0v) is 25.6. The number of fused-ring (bicyclic) bond motifs is 1. The lowest BCUT2D eigenvalue weighted by atomic mass is 9.89. The van der Waals surface area contributed by atoms with Gasteiger partial charge in [-0.1, -0.05) is 23.8 Å². The smallest absolute Gasteiger partial charge is 0.203 e. The van der Waals surface area contributed by atoms with Gasteiger partial charge in [0, 0.05) is 11.6 Å². The van der Waals surface area contributed by atoms with E-state index in [-0.39, 0.29) is 34.8 Å². The molecule has 3 aliphatic heterocycles. The van der Waals surface area contributed by atoms with Crippen LogP contribution in [0, 0.1) is 0 Å². The van der Waals surface area contributed by atoms with Crippen LogP contribution in [0.15, 0.2) is 42.0 Å². The molecule has 2 aromatic carbocycles. The molecule has 0 bridgehead atoms. The summed E-state index contributed by atoms with van der Waals surface area (Å²) in [5.74, 6) is -1.72. The topological polar surface area (TPSA) is 225 Å². The molecule has 12 atom stereocenters. The maximum atomic E-state index is 14.1. The third-order valence-corrected chi connectivity index (χ3v) is 8.46. The van der Waals surface area contributed by atoms with Gasteiger partial charge in [-0.3, -0.25) is 4.79 Å². The van der Waals surface area contributed by atoms with Crippen molar-refractivity contribution in [1.29, 1.82) is 0 Å². The molecule has 0 unspecified atom stereocenters. The van der Waals surface area contributed by atoms with Gasteiger partial charge in [0.25, 0.3) is 0 Å². The summed E-state index contributed by atoms with van der Waals surface area (Å²) < 4.78 is 29.3. The number of aliphatic hydroxyl groups is 5. The molecule has 3 aliphatic rings. The molecule has 0 aromatic heterocycles. The highest BCUT2D eigenvalue weighted by molar-refractivity contribution is 6.06. The molecule has 0 radical (unpaired) electrons. The van der Waals surface area contributed by atoms with Gasteiger partial charge in [0.15, 0.2) is 24.8 Å². The number of rotatable bonds is 7. The lowest BCUT2D eigenvalue weighted by Crippen LogP contribution is -2.63. The Bertz CT molecular complexity index is 1440. The summed E-state index contributed by atoms with van der Waals surface area (Å²) in [4.78, 5) is 14.1. The van der Waals surface area contributed by atoms with Gasteiger partial charge in [-0.2, -0.15) is 0 Å². The molecular formula is C32H40O14. The Hall–Kier alpha value is -3.31. The van der Waals surface area contributed by atoms with Gasteiger partial charge < -0.3 is 64.5 Å². The molecule has 0 amide bonds. The van der Waals surface area contributed by atoms with Crippen LogP contribution in [-0.2, 0) is 25.4 Å². The summed E-state index contributed by atoms with van der Waals surface area (Å²) in [6, 6.07) is 6.77. The SMILES string of the molecule is CC(C)=CCc1c(O)cc(O)c2c1O[C@@H](c1ccc(O)cc1)[C@@H](O[C@H]1O[C@H](C)[C@H](O[C@H]3O[C@@H](C)[C@@H](O)[C@H](O)[C@@H]3O)[C@H](O)[C@@H]1O)C2=O. The number of hydrogen-bond donors (Lipinski definition) is 8. The van der Waals surface area contributed by atoms with E-state index in [2.05, 4.69) is 0 Å². The molecule has 2 fully saturated rings. The molecule has 2 saturated heterocycles. The number of ether oxygens (including phenoxy) is 5. The number of carbonyl (C=O) groups excluding carboxylic acids is 1. The van der Waals surface area contributed by atoms with Crippen LogP contribution in [0.1, 0.15) is 55.3 Å². The average Bonchev–Trinajstić information content (AvgIpc) is 3.00. The second-order valence-electron chi connectivity index (χ2n) is 12.1. The number of phenols is 3. The fourth-order valence-corrected chi connectivity index (χ4v) is 5.78. The molecule has 5 rings (SSSR count). The maximum Gasteiger partial charge on any atom is 0.203 e. The summed E-state index contributed by atoms with van der Waals surface area (Å²) in [6.07, 6.45) is -15.3. The largest absolute Gasteiger partial charge is 0.508 e. The minimum atomic E-state index is -1.81. The van der Waals surface area contributed by atoms with Gasteiger partial charge >= 0.3 is 0 Å². The van der Waals surface area contributed by atoms with Crippen molar-refractivity contribution in [1.82, 2.24) is 0 Å². The number of aromatic hydroxyl groups is 3. The van der Waals surface area contributed by atoms with Crippen molar-refractivity contribution in [3.8, 4) is 23.0 Å². The summed E-state index contributed by atoms with van der Waals surface area (Å²) >= 11 is 0. The highest BCUT2D eigenvalue weighted by atomic mass is 16.7. The lowest BCUT2D eigenvalue weighted by molar-refractivity contribution is -0.355. The van der Waals surface area contributed by atoms with Gasteiger partial charge in [-0.15, -0.1) is 0 Å². The van der Waals surface area contributed by atoms with Crippen molar-refractivity contribution < 1.29 is 69.3 Å². The number of carbonyl (C=O) groups is 1. The number of phenolic OH excluding ortho intramolecular Hbond substituents is 3. The normalized spacial score (nSPS) is 36.1. The lowest BCUT2D eigenvalue weighted by Gasteiger charge is -2.46. The molecular weight excluding hydrogens is 608 g/mol. The van der Waals surface area contributed by atoms with Gasteiger partial charge in [0.2, 0.25) is 5.78 Å². The summed E-state index contributed by atoms with van der Waals surface area (Å²) in [7, 11) is 0. The van der Waals surface area contributed by atoms with E-state index >= 15 is 0 Å². The van der Waals surface area contributed by atoms with Crippen molar-refractivity contribution in [2.45, 2.75) is 108 Å². The monoisotopic (exact) mass is 648 g/mol. The first-order valence-electron chi connectivity index (χ1n) is 14.9.